The van der Waals surface area contributed by atoms with Gasteiger partial charge in [-0.2, -0.15) is 0 Å². The first-order valence-electron chi connectivity index (χ1n) is 23.7. The molecule has 0 aromatic heterocycles. The molecule has 0 N–H and O–H groups in total. The lowest BCUT2D eigenvalue weighted by atomic mass is 9.60. The Morgan fingerprint density at radius 1 is 0.313 bits per heavy atom. The molecule has 11 aromatic rings. The van der Waals surface area contributed by atoms with Gasteiger partial charge in [0.05, 0.1) is 10.8 Å². The number of benzene rings is 11. The van der Waals surface area contributed by atoms with Crippen LogP contribution < -0.4 is 4.90 Å². The van der Waals surface area contributed by atoms with E-state index in [1.807, 2.05) is 0 Å². The van der Waals surface area contributed by atoms with Crippen LogP contribution in [0, 0.1) is 0 Å². The summed E-state index contributed by atoms with van der Waals surface area (Å²) in [6, 6.07) is 91.7. The molecule has 3 aliphatic carbocycles. The number of nitrogens with zero attached hydrogens (tertiary/aromatic N) is 1. The van der Waals surface area contributed by atoms with Crippen molar-refractivity contribution in [3.63, 3.8) is 0 Å². The number of anilines is 3. The molecular weight excluding hydrogens is 807 g/mol. The zero-order valence-corrected chi connectivity index (χ0v) is 37.2. The summed E-state index contributed by atoms with van der Waals surface area (Å²) >= 11 is 0. The molecular formula is C66H45N. The van der Waals surface area contributed by atoms with E-state index < -0.39 is 10.8 Å². The quantitative estimate of drug-likeness (QED) is 0.161. The standard InChI is InChI=1S/C66H45N/c1-2-43-32-33-45-20-17-28-57-54-27-13-16-31-60(54)66(64(43)63(45)57)59-30-15-12-26-53(59)56-39-37-51(42-62(56)66)67(49-35-34-44-18-9-10-19-46(44)40-49)50-36-38-55-52-25-11-14-29-58(52)65(61(55)41-50,47-21-5-3-6-22-47)48-23-7-4-8-24-48/h3-42H,2H2,1H3. The van der Waals surface area contributed by atoms with Gasteiger partial charge in [0, 0.05) is 17.1 Å². The van der Waals surface area contributed by atoms with Crippen molar-refractivity contribution in [1.82, 2.24) is 0 Å². The molecule has 3 aliphatic rings. The number of fused-ring (bicyclic) bond motifs is 13. The average molecular weight is 852 g/mol. The highest BCUT2D eigenvalue weighted by atomic mass is 15.1. The van der Waals surface area contributed by atoms with Crippen LogP contribution in [0.3, 0.4) is 0 Å². The van der Waals surface area contributed by atoms with Crippen molar-refractivity contribution >= 4 is 38.6 Å². The van der Waals surface area contributed by atoms with E-state index in [9.17, 15) is 0 Å². The Bertz CT molecular complexity index is 3770. The molecule has 1 unspecified atom stereocenters. The fraction of sp³-hybridized carbons (Fsp3) is 0.0606. The van der Waals surface area contributed by atoms with Crippen molar-refractivity contribution in [3.8, 4) is 33.4 Å². The lowest BCUT2D eigenvalue weighted by Gasteiger charge is -2.41. The minimum atomic E-state index is -0.540. The van der Waals surface area contributed by atoms with Crippen molar-refractivity contribution < 1.29 is 0 Å². The van der Waals surface area contributed by atoms with Gasteiger partial charge >= 0.3 is 0 Å². The summed E-state index contributed by atoms with van der Waals surface area (Å²) in [5.41, 5.74) is 22.1. The second-order valence-electron chi connectivity index (χ2n) is 18.6. The molecule has 67 heavy (non-hydrogen) atoms. The minimum Gasteiger partial charge on any atom is -0.310 e. The Kier molecular flexibility index (Phi) is 8.16. The summed E-state index contributed by atoms with van der Waals surface area (Å²) in [7, 11) is 0. The van der Waals surface area contributed by atoms with Gasteiger partial charge in [-0.05, 0) is 148 Å². The first-order chi connectivity index (χ1) is 33.2. The molecule has 1 spiro atoms. The van der Waals surface area contributed by atoms with Gasteiger partial charge in [-0.1, -0.05) is 213 Å². The average Bonchev–Trinajstić information content (AvgIpc) is 3.86. The summed E-state index contributed by atoms with van der Waals surface area (Å²) in [5, 5.41) is 5.10. The third-order valence-corrected chi connectivity index (χ3v) is 15.5. The summed E-state index contributed by atoms with van der Waals surface area (Å²) in [5.74, 6) is 0. The molecule has 0 heterocycles. The van der Waals surface area contributed by atoms with Crippen LogP contribution in [-0.4, -0.2) is 0 Å². The largest absolute Gasteiger partial charge is 0.310 e. The van der Waals surface area contributed by atoms with Crippen LogP contribution in [0.15, 0.2) is 243 Å². The van der Waals surface area contributed by atoms with E-state index in [1.165, 1.54) is 105 Å². The molecule has 0 amide bonds. The van der Waals surface area contributed by atoms with Crippen LogP contribution in [0.25, 0.3) is 54.9 Å². The zero-order chi connectivity index (χ0) is 44.3. The Morgan fingerprint density at radius 2 is 0.746 bits per heavy atom. The molecule has 0 fully saturated rings. The van der Waals surface area contributed by atoms with Gasteiger partial charge < -0.3 is 4.90 Å². The van der Waals surface area contributed by atoms with E-state index in [0.717, 1.165) is 23.5 Å². The molecule has 1 heteroatoms. The summed E-state index contributed by atoms with van der Waals surface area (Å²) in [6.45, 7) is 2.32. The minimum absolute atomic E-state index is 0.530. The Hall–Kier alpha value is -8.26. The highest BCUT2D eigenvalue weighted by Crippen LogP contribution is 2.64. The predicted octanol–water partition coefficient (Wildman–Crippen LogP) is 16.7. The van der Waals surface area contributed by atoms with Gasteiger partial charge in [0.2, 0.25) is 0 Å². The molecule has 1 atom stereocenters. The summed E-state index contributed by atoms with van der Waals surface area (Å²) in [6.07, 6.45) is 0.937. The van der Waals surface area contributed by atoms with E-state index in [0.29, 0.717) is 0 Å². The van der Waals surface area contributed by atoms with Crippen LogP contribution in [0.5, 0.6) is 0 Å². The number of hydrogen-bond acceptors (Lipinski definition) is 1. The van der Waals surface area contributed by atoms with E-state index in [4.69, 9.17) is 0 Å². The van der Waals surface area contributed by atoms with E-state index in [1.54, 1.807) is 0 Å². The van der Waals surface area contributed by atoms with Crippen LogP contribution in [0.1, 0.15) is 57.0 Å². The van der Waals surface area contributed by atoms with Gasteiger partial charge in [0.1, 0.15) is 0 Å². The SMILES string of the molecule is CCc1ccc2cccc3c2c1C1(c2ccccc2-c2ccc(N(c4ccc5c(c4)C(c4ccccc4)(c4ccccc4)c4ccccc4-5)c4ccc5ccccc5c4)cc21)c1ccccc1-3. The lowest BCUT2D eigenvalue weighted by molar-refractivity contribution is 0.759. The molecule has 0 radical (unpaired) electrons. The first-order valence-corrected chi connectivity index (χ1v) is 23.7. The molecule has 11 aromatic carbocycles. The van der Waals surface area contributed by atoms with Gasteiger partial charge in [-0.15, -0.1) is 0 Å². The van der Waals surface area contributed by atoms with Gasteiger partial charge in [0.25, 0.3) is 0 Å². The van der Waals surface area contributed by atoms with Crippen LogP contribution in [-0.2, 0) is 17.3 Å². The fourth-order valence-corrected chi connectivity index (χ4v) is 12.8. The van der Waals surface area contributed by atoms with Gasteiger partial charge in [-0.3, -0.25) is 0 Å². The molecule has 0 saturated heterocycles. The van der Waals surface area contributed by atoms with E-state index in [-0.39, 0.29) is 0 Å². The molecule has 0 bridgehead atoms. The molecule has 0 aliphatic heterocycles. The van der Waals surface area contributed by atoms with Gasteiger partial charge in [0.15, 0.2) is 0 Å². The van der Waals surface area contributed by atoms with Crippen LogP contribution in [0.2, 0.25) is 0 Å². The second kappa shape index (κ2) is 14.4. The maximum absolute atomic E-state index is 2.55. The van der Waals surface area contributed by atoms with Crippen molar-refractivity contribution in [2.45, 2.75) is 24.2 Å². The predicted molar refractivity (Wildman–Crippen MR) is 279 cm³/mol. The Balaban J connectivity index is 1.08. The molecule has 14 rings (SSSR count). The molecule has 314 valence electrons. The van der Waals surface area contributed by atoms with Crippen LogP contribution >= 0.6 is 0 Å². The topological polar surface area (TPSA) is 3.24 Å². The number of aryl methyl sites for hydroxylation is 1. The number of rotatable bonds is 6. The highest BCUT2D eigenvalue weighted by molar-refractivity contribution is 6.08. The Labute approximate surface area is 391 Å². The van der Waals surface area contributed by atoms with Crippen molar-refractivity contribution in [3.05, 3.63) is 293 Å². The normalized spacial score (nSPS) is 15.5. The number of hydrogen-bond donors (Lipinski definition) is 0. The summed E-state index contributed by atoms with van der Waals surface area (Å²) in [4.78, 5) is 2.53. The summed E-state index contributed by atoms with van der Waals surface area (Å²) < 4.78 is 0. The maximum Gasteiger partial charge on any atom is 0.0729 e. The zero-order valence-electron chi connectivity index (χ0n) is 37.2. The van der Waals surface area contributed by atoms with Crippen molar-refractivity contribution in [2.75, 3.05) is 4.90 Å². The highest BCUT2D eigenvalue weighted by Gasteiger charge is 2.51. The smallest absolute Gasteiger partial charge is 0.0729 e. The van der Waals surface area contributed by atoms with Crippen molar-refractivity contribution in [2.24, 2.45) is 0 Å². The third-order valence-electron chi connectivity index (χ3n) is 15.5. The van der Waals surface area contributed by atoms with Gasteiger partial charge in [-0.25, -0.2) is 0 Å². The third kappa shape index (κ3) is 5.09. The maximum atomic E-state index is 2.55. The monoisotopic (exact) mass is 851 g/mol. The lowest BCUT2D eigenvalue weighted by Crippen LogP contribution is -2.33. The van der Waals surface area contributed by atoms with E-state index >= 15 is 0 Å². The fourth-order valence-electron chi connectivity index (χ4n) is 12.8. The second-order valence-corrected chi connectivity index (χ2v) is 18.6. The van der Waals surface area contributed by atoms with Crippen LogP contribution in [0.4, 0.5) is 17.1 Å². The molecule has 0 saturated carbocycles. The first kappa shape index (κ1) is 38.1. The Morgan fingerprint density at radius 3 is 1.36 bits per heavy atom. The van der Waals surface area contributed by atoms with Crippen molar-refractivity contribution in [1.29, 1.82) is 0 Å². The van der Waals surface area contributed by atoms with E-state index in [2.05, 4.69) is 254 Å². The molecule has 1 nitrogen and oxygen atoms in total.